The fourth-order valence-electron chi connectivity index (χ4n) is 3.72. The predicted octanol–water partition coefficient (Wildman–Crippen LogP) is 2.58. The molecule has 1 heterocycles. The normalized spacial score (nSPS) is 22.9. The topological polar surface area (TPSA) is 35.5 Å². The van der Waals surface area contributed by atoms with Crippen LogP contribution >= 0.6 is 0 Å². The summed E-state index contributed by atoms with van der Waals surface area (Å²) in [4.78, 5) is 2.49. The smallest absolute Gasteiger partial charge is 0.123 e. The minimum absolute atomic E-state index is 0.0824. The first-order valence-corrected chi connectivity index (χ1v) is 8.94. The van der Waals surface area contributed by atoms with Crippen LogP contribution in [0.25, 0.3) is 0 Å². The van der Waals surface area contributed by atoms with Crippen LogP contribution < -0.4 is 5.32 Å². The van der Waals surface area contributed by atoms with Crippen LogP contribution in [0.1, 0.15) is 38.2 Å². The number of hydrogen-bond donors (Lipinski definition) is 2. The first-order valence-electron chi connectivity index (χ1n) is 8.94. The zero-order valence-corrected chi connectivity index (χ0v) is 14.1. The fourth-order valence-corrected chi connectivity index (χ4v) is 3.72. The number of likely N-dealkylation sites (tertiary alicyclic amines) is 1. The number of benzene rings is 1. The van der Waals surface area contributed by atoms with E-state index in [1.54, 1.807) is 12.1 Å². The minimum Gasteiger partial charge on any atom is -0.394 e. The molecule has 0 spiro atoms. The van der Waals surface area contributed by atoms with Crippen LogP contribution in [0.4, 0.5) is 4.39 Å². The highest BCUT2D eigenvalue weighted by molar-refractivity contribution is 5.16. The number of nitrogens with zero attached hydrogens (tertiary/aromatic N) is 1. The highest BCUT2D eigenvalue weighted by Gasteiger charge is 2.42. The maximum atomic E-state index is 12.9. The van der Waals surface area contributed by atoms with Gasteiger partial charge in [-0.1, -0.05) is 12.1 Å². The molecule has 1 aromatic carbocycles. The molecule has 0 radical (unpaired) electrons. The van der Waals surface area contributed by atoms with Crippen LogP contribution in [0.3, 0.4) is 0 Å². The van der Waals surface area contributed by atoms with Gasteiger partial charge in [0, 0.05) is 18.1 Å². The summed E-state index contributed by atoms with van der Waals surface area (Å²) < 4.78 is 12.9. The SMILES string of the molecule is CC(CO)(NC1CCN(CCc2ccc(F)cc2)CC1)C1CC1. The first-order chi connectivity index (χ1) is 11.1. The summed E-state index contributed by atoms with van der Waals surface area (Å²) in [6.45, 7) is 5.66. The molecule has 1 aliphatic carbocycles. The lowest BCUT2D eigenvalue weighted by molar-refractivity contribution is 0.115. The van der Waals surface area contributed by atoms with Gasteiger partial charge in [-0.3, -0.25) is 0 Å². The van der Waals surface area contributed by atoms with Gasteiger partial charge in [-0.25, -0.2) is 4.39 Å². The second-order valence-corrected chi connectivity index (χ2v) is 7.49. The molecule has 0 bridgehead atoms. The maximum absolute atomic E-state index is 12.9. The summed E-state index contributed by atoms with van der Waals surface area (Å²) in [6.07, 6.45) is 5.77. The van der Waals surface area contributed by atoms with E-state index in [9.17, 15) is 9.50 Å². The molecule has 128 valence electrons. The molecule has 0 amide bonds. The third-order valence-electron chi connectivity index (χ3n) is 5.56. The Balaban J connectivity index is 1.40. The minimum atomic E-state index is -0.164. The third-order valence-corrected chi connectivity index (χ3v) is 5.56. The van der Waals surface area contributed by atoms with Gasteiger partial charge in [0.1, 0.15) is 5.82 Å². The van der Waals surface area contributed by atoms with Crippen LogP contribution in [0.2, 0.25) is 0 Å². The van der Waals surface area contributed by atoms with Gasteiger partial charge in [0.15, 0.2) is 0 Å². The van der Waals surface area contributed by atoms with E-state index >= 15 is 0 Å². The van der Waals surface area contributed by atoms with E-state index in [1.165, 1.54) is 18.4 Å². The largest absolute Gasteiger partial charge is 0.394 e. The molecule has 2 fully saturated rings. The van der Waals surface area contributed by atoms with Crippen LogP contribution in [0.15, 0.2) is 24.3 Å². The summed E-state index contributed by atoms with van der Waals surface area (Å²) in [7, 11) is 0. The number of halogens is 1. The lowest BCUT2D eigenvalue weighted by Gasteiger charge is -2.39. The molecule has 1 aliphatic heterocycles. The fraction of sp³-hybridized carbons (Fsp3) is 0.684. The third kappa shape index (κ3) is 4.52. The van der Waals surface area contributed by atoms with E-state index in [1.807, 2.05) is 12.1 Å². The summed E-state index contributed by atoms with van der Waals surface area (Å²) in [5.41, 5.74) is 1.12. The van der Waals surface area contributed by atoms with Crippen molar-refractivity contribution in [1.29, 1.82) is 0 Å². The van der Waals surface area contributed by atoms with Crippen molar-refractivity contribution in [3.63, 3.8) is 0 Å². The van der Waals surface area contributed by atoms with Crippen molar-refractivity contribution in [3.05, 3.63) is 35.6 Å². The Hall–Kier alpha value is -0.970. The Morgan fingerprint density at radius 2 is 1.83 bits per heavy atom. The predicted molar refractivity (Wildman–Crippen MR) is 90.9 cm³/mol. The van der Waals surface area contributed by atoms with E-state index in [-0.39, 0.29) is 18.0 Å². The zero-order chi connectivity index (χ0) is 16.3. The van der Waals surface area contributed by atoms with Crippen LogP contribution in [0.5, 0.6) is 0 Å². The van der Waals surface area contributed by atoms with E-state index < -0.39 is 0 Å². The van der Waals surface area contributed by atoms with E-state index in [0.29, 0.717) is 12.0 Å². The van der Waals surface area contributed by atoms with Crippen molar-refractivity contribution >= 4 is 0 Å². The number of piperidine rings is 1. The quantitative estimate of drug-likeness (QED) is 0.810. The number of aliphatic hydroxyl groups excluding tert-OH is 1. The van der Waals surface area contributed by atoms with E-state index in [4.69, 9.17) is 0 Å². The Labute approximate surface area is 138 Å². The van der Waals surface area contributed by atoms with Crippen molar-refractivity contribution in [2.75, 3.05) is 26.2 Å². The molecule has 1 unspecified atom stereocenters. The van der Waals surface area contributed by atoms with Gasteiger partial charge in [0.05, 0.1) is 6.61 Å². The van der Waals surface area contributed by atoms with Crippen molar-refractivity contribution in [3.8, 4) is 0 Å². The molecule has 2 aliphatic rings. The van der Waals surface area contributed by atoms with Gasteiger partial charge in [0.2, 0.25) is 0 Å². The van der Waals surface area contributed by atoms with Crippen molar-refractivity contribution in [1.82, 2.24) is 10.2 Å². The molecule has 1 atom stereocenters. The lowest BCUT2D eigenvalue weighted by Crippen LogP contribution is -2.55. The second kappa shape index (κ2) is 7.29. The summed E-state index contributed by atoms with van der Waals surface area (Å²) >= 11 is 0. The Bertz CT molecular complexity index is 495. The monoisotopic (exact) mass is 320 g/mol. The summed E-state index contributed by atoms with van der Waals surface area (Å²) in [5, 5.41) is 13.4. The van der Waals surface area contributed by atoms with Gasteiger partial charge in [-0.2, -0.15) is 0 Å². The van der Waals surface area contributed by atoms with Crippen molar-refractivity contribution in [2.24, 2.45) is 5.92 Å². The molecule has 2 N–H and O–H groups in total. The van der Waals surface area contributed by atoms with Gasteiger partial charge < -0.3 is 15.3 Å². The number of nitrogens with one attached hydrogen (secondary N) is 1. The average Bonchev–Trinajstić information content (AvgIpc) is 3.41. The average molecular weight is 320 g/mol. The Morgan fingerprint density at radius 3 is 2.39 bits per heavy atom. The van der Waals surface area contributed by atoms with Crippen LogP contribution in [0, 0.1) is 11.7 Å². The highest BCUT2D eigenvalue weighted by atomic mass is 19.1. The molecule has 3 rings (SSSR count). The van der Waals surface area contributed by atoms with Gasteiger partial charge in [-0.15, -0.1) is 0 Å². The number of hydrogen-bond acceptors (Lipinski definition) is 3. The van der Waals surface area contributed by atoms with Crippen molar-refractivity contribution < 1.29 is 9.50 Å². The van der Waals surface area contributed by atoms with E-state index in [0.717, 1.165) is 38.9 Å². The van der Waals surface area contributed by atoms with Gasteiger partial charge in [-0.05, 0) is 75.7 Å². The number of aliphatic hydroxyl groups is 1. The summed E-state index contributed by atoms with van der Waals surface area (Å²) in [5.74, 6) is 0.493. The van der Waals surface area contributed by atoms with Gasteiger partial charge >= 0.3 is 0 Å². The van der Waals surface area contributed by atoms with E-state index in [2.05, 4.69) is 17.1 Å². The lowest BCUT2D eigenvalue weighted by atomic mass is 9.93. The standard InChI is InChI=1S/C19H29FN2O/c1-19(14-23,16-4-5-16)21-18-9-12-22(13-10-18)11-8-15-2-6-17(20)7-3-15/h2-3,6-7,16,18,21,23H,4-5,8-14H2,1H3. The first kappa shape index (κ1) is 16.9. The molecule has 1 aromatic rings. The molecule has 1 saturated carbocycles. The zero-order valence-electron chi connectivity index (χ0n) is 14.1. The second-order valence-electron chi connectivity index (χ2n) is 7.49. The number of rotatable bonds is 7. The Morgan fingerprint density at radius 1 is 1.17 bits per heavy atom. The molecule has 0 aromatic heterocycles. The molecule has 23 heavy (non-hydrogen) atoms. The molecule has 3 nitrogen and oxygen atoms in total. The molecule has 1 saturated heterocycles. The molecular weight excluding hydrogens is 291 g/mol. The molecule has 4 heteroatoms. The van der Waals surface area contributed by atoms with Gasteiger partial charge in [0.25, 0.3) is 0 Å². The Kier molecular flexibility index (Phi) is 5.34. The maximum Gasteiger partial charge on any atom is 0.123 e. The van der Waals surface area contributed by atoms with Crippen LogP contribution in [-0.2, 0) is 6.42 Å². The molecular formula is C19H29FN2O. The van der Waals surface area contributed by atoms with Crippen LogP contribution in [-0.4, -0.2) is 47.8 Å². The highest BCUT2D eigenvalue weighted by Crippen LogP contribution is 2.39. The summed E-state index contributed by atoms with van der Waals surface area (Å²) in [6, 6.07) is 7.37. The van der Waals surface area contributed by atoms with Crippen molar-refractivity contribution in [2.45, 2.75) is 50.6 Å².